The largest absolute Gasteiger partial charge is 0.469 e. The van der Waals surface area contributed by atoms with E-state index >= 15 is 0 Å². The van der Waals surface area contributed by atoms with E-state index in [1.54, 1.807) is 0 Å². The first-order valence-electron chi connectivity index (χ1n) is 16.0. The van der Waals surface area contributed by atoms with Gasteiger partial charge < -0.3 is 24.4 Å². The van der Waals surface area contributed by atoms with Crippen molar-refractivity contribution >= 4 is 19.8 Å². The third-order valence-corrected chi connectivity index (χ3v) is 6.89. The quantitative estimate of drug-likeness (QED) is 0.0327. The third kappa shape index (κ3) is 32.7. The lowest BCUT2D eigenvalue weighted by Crippen LogP contribution is -2.29. The summed E-state index contributed by atoms with van der Waals surface area (Å²) in [5.41, 5.74) is 0. The first kappa shape index (κ1) is 41.0. The molecule has 10 heteroatoms. The van der Waals surface area contributed by atoms with Gasteiger partial charge in [0.1, 0.15) is 6.61 Å². The molecule has 0 bridgehead atoms. The van der Waals surface area contributed by atoms with Crippen molar-refractivity contribution in [3.63, 3.8) is 0 Å². The molecule has 0 aromatic carbocycles. The van der Waals surface area contributed by atoms with Gasteiger partial charge in [-0.2, -0.15) is 0 Å². The molecule has 0 heterocycles. The predicted octanol–water partition coefficient (Wildman–Crippen LogP) is 7.81. The average molecular weight is 629 g/mol. The molecule has 0 aliphatic rings. The maximum Gasteiger partial charge on any atom is 0.469 e. The van der Waals surface area contributed by atoms with E-state index < -0.39 is 32.5 Å². The third-order valence-electron chi connectivity index (χ3n) is 6.41. The molecule has 3 N–H and O–H groups in total. The Morgan fingerprint density at radius 2 is 1.16 bits per heavy atom. The van der Waals surface area contributed by atoms with Crippen LogP contribution >= 0.6 is 7.82 Å². The smallest absolute Gasteiger partial charge is 0.462 e. The van der Waals surface area contributed by atoms with Crippen LogP contribution in [0.15, 0.2) is 48.6 Å². The summed E-state index contributed by atoms with van der Waals surface area (Å²) < 4.78 is 26.0. The maximum absolute atomic E-state index is 12.2. The zero-order chi connectivity index (χ0) is 31.9. The van der Waals surface area contributed by atoms with Crippen molar-refractivity contribution in [2.75, 3.05) is 19.8 Å². The monoisotopic (exact) mass is 628 g/mol. The van der Waals surface area contributed by atoms with Gasteiger partial charge in [0.2, 0.25) is 0 Å². The summed E-state index contributed by atoms with van der Waals surface area (Å²) in [7, 11) is -4.75. The highest BCUT2D eigenvalue weighted by molar-refractivity contribution is 7.46. The van der Waals surface area contributed by atoms with Crippen LogP contribution in [-0.2, 0) is 28.2 Å². The number of ether oxygens (including phenoxy) is 2. The number of aliphatic hydroxyl groups excluding tert-OH is 1. The van der Waals surface area contributed by atoms with Gasteiger partial charge in [0, 0.05) is 19.4 Å². The van der Waals surface area contributed by atoms with Crippen LogP contribution in [0.5, 0.6) is 0 Å². The van der Waals surface area contributed by atoms with Gasteiger partial charge in [-0.25, -0.2) is 4.57 Å². The van der Waals surface area contributed by atoms with Crippen molar-refractivity contribution in [2.45, 2.75) is 129 Å². The highest BCUT2D eigenvalue weighted by atomic mass is 31.2. The SMILES string of the molecule is CCCCCCCCCC(=O)O[C@H](COC(=O)CCC/C=C\C/C=C\C/C=C\C/C=C\CCCCCO)COP(=O)(O)O. The Morgan fingerprint density at radius 3 is 1.74 bits per heavy atom. The summed E-state index contributed by atoms with van der Waals surface area (Å²) >= 11 is 0. The number of carbonyl (C=O) groups is 2. The Labute approximate surface area is 259 Å². The molecular weight excluding hydrogens is 571 g/mol. The zero-order valence-electron chi connectivity index (χ0n) is 26.3. The fourth-order valence-electron chi connectivity index (χ4n) is 3.99. The molecule has 0 saturated carbocycles. The fraction of sp³-hybridized carbons (Fsp3) is 0.697. The van der Waals surface area contributed by atoms with Crippen LogP contribution in [0.1, 0.15) is 122 Å². The lowest BCUT2D eigenvalue weighted by molar-refractivity contribution is -0.161. The van der Waals surface area contributed by atoms with Gasteiger partial charge in [-0.1, -0.05) is 100 Å². The normalized spacial score (nSPS) is 13.1. The standard InChI is InChI=1S/C33H57O9P/c1-2-3-4-5-17-21-24-27-33(36)42-31(30-41-43(37,38)39)29-40-32(35)26-23-20-18-15-13-11-9-7-6-8-10-12-14-16-19-22-25-28-34/h6,8-9,11-12,14-15,18,31,34H,2-5,7,10,13,16-17,19-30H2,1H3,(H2,37,38,39)/b8-6-,11-9-,14-12-,18-15-/t31-/m1/s1. The maximum atomic E-state index is 12.2. The second-order valence-electron chi connectivity index (χ2n) is 10.5. The van der Waals surface area contributed by atoms with Gasteiger partial charge in [-0.15, -0.1) is 0 Å². The van der Waals surface area contributed by atoms with Gasteiger partial charge in [-0.3, -0.25) is 14.1 Å². The Bertz CT molecular complexity index is 845. The van der Waals surface area contributed by atoms with E-state index in [1.807, 2.05) is 12.2 Å². The summed E-state index contributed by atoms with van der Waals surface area (Å²) in [6.07, 6.45) is 31.7. The minimum absolute atomic E-state index is 0.181. The van der Waals surface area contributed by atoms with Crippen LogP contribution in [0.25, 0.3) is 0 Å². The minimum Gasteiger partial charge on any atom is -0.462 e. The van der Waals surface area contributed by atoms with Gasteiger partial charge in [0.25, 0.3) is 0 Å². The van der Waals surface area contributed by atoms with E-state index in [4.69, 9.17) is 24.4 Å². The molecule has 1 atom stereocenters. The topological polar surface area (TPSA) is 140 Å². The Kier molecular flexibility index (Phi) is 28.6. The molecule has 0 amide bonds. The number of unbranched alkanes of at least 4 members (excludes halogenated alkanes) is 10. The molecule has 0 aliphatic heterocycles. The molecule has 0 rings (SSSR count). The van der Waals surface area contributed by atoms with Crippen LogP contribution in [-0.4, -0.2) is 52.8 Å². The summed E-state index contributed by atoms with van der Waals surface area (Å²) in [5.74, 6) is -0.977. The number of allylic oxidation sites excluding steroid dienone is 8. The second-order valence-corrected chi connectivity index (χ2v) is 11.7. The van der Waals surface area contributed by atoms with E-state index in [1.165, 1.54) is 19.3 Å². The first-order valence-corrected chi connectivity index (χ1v) is 17.6. The first-order chi connectivity index (χ1) is 20.8. The molecule has 0 saturated heterocycles. The van der Waals surface area contributed by atoms with Crippen molar-refractivity contribution in [3.8, 4) is 0 Å². The molecule has 0 unspecified atom stereocenters. The number of rotatable bonds is 29. The predicted molar refractivity (Wildman–Crippen MR) is 171 cm³/mol. The zero-order valence-corrected chi connectivity index (χ0v) is 27.2. The van der Waals surface area contributed by atoms with Crippen LogP contribution in [0.3, 0.4) is 0 Å². The lowest BCUT2D eigenvalue weighted by atomic mass is 10.1. The van der Waals surface area contributed by atoms with Crippen molar-refractivity contribution in [3.05, 3.63) is 48.6 Å². The van der Waals surface area contributed by atoms with Gasteiger partial charge >= 0.3 is 19.8 Å². The van der Waals surface area contributed by atoms with E-state index in [9.17, 15) is 14.2 Å². The van der Waals surface area contributed by atoms with E-state index in [-0.39, 0.29) is 26.1 Å². The van der Waals surface area contributed by atoms with E-state index in [0.29, 0.717) is 19.3 Å². The van der Waals surface area contributed by atoms with Crippen molar-refractivity contribution in [2.24, 2.45) is 0 Å². The van der Waals surface area contributed by atoms with E-state index in [2.05, 4.69) is 47.9 Å². The molecular formula is C33H57O9P. The number of aliphatic hydroxyl groups is 1. The summed E-state index contributed by atoms with van der Waals surface area (Å²) in [4.78, 5) is 42.3. The summed E-state index contributed by atoms with van der Waals surface area (Å²) in [5, 5.41) is 8.74. The van der Waals surface area contributed by atoms with Crippen LogP contribution in [0.4, 0.5) is 0 Å². The van der Waals surface area contributed by atoms with Crippen molar-refractivity contribution < 1.29 is 43.0 Å². The average Bonchev–Trinajstić information content (AvgIpc) is 2.97. The van der Waals surface area contributed by atoms with Gasteiger partial charge in [0.05, 0.1) is 6.61 Å². The van der Waals surface area contributed by atoms with Gasteiger partial charge in [0.15, 0.2) is 6.10 Å². The number of phosphoric acid groups is 1. The molecule has 0 aliphatic carbocycles. The Morgan fingerprint density at radius 1 is 0.651 bits per heavy atom. The number of hydrogen-bond donors (Lipinski definition) is 3. The molecule has 0 fully saturated rings. The van der Waals surface area contributed by atoms with Crippen molar-refractivity contribution in [1.29, 1.82) is 0 Å². The molecule has 9 nitrogen and oxygen atoms in total. The Hall–Kier alpha value is -2.03. The lowest BCUT2D eigenvalue weighted by Gasteiger charge is -2.18. The highest BCUT2D eigenvalue weighted by Gasteiger charge is 2.22. The second kappa shape index (κ2) is 30.0. The van der Waals surface area contributed by atoms with Crippen LogP contribution in [0.2, 0.25) is 0 Å². The molecule has 0 aromatic rings. The summed E-state index contributed by atoms with van der Waals surface area (Å²) in [6, 6.07) is 0. The van der Waals surface area contributed by atoms with Crippen LogP contribution < -0.4 is 0 Å². The number of hydrogen-bond acceptors (Lipinski definition) is 7. The fourth-order valence-corrected chi connectivity index (χ4v) is 4.35. The summed E-state index contributed by atoms with van der Waals surface area (Å²) in [6.45, 7) is 1.56. The van der Waals surface area contributed by atoms with Crippen molar-refractivity contribution in [1.82, 2.24) is 0 Å². The van der Waals surface area contributed by atoms with E-state index in [0.717, 1.165) is 64.2 Å². The number of esters is 2. The molecule has 248 valence electrons. The van der Waals surface area contributed by atoms with Crippen LogP contribution in [0, 0.1) is 0 Å². The molecule has 0 radical (unpaired) electrons. The molecule has 43 heavy (non-hydrogen) atoms. The molecule has 0 spiro atoms. The highest BCUT2D eigenvalue weighted by Crippen LogP contribution is 2.35. The van der Waals surface area contributed by atoms with Gasteiger partial charge in [-0.05, 0) is 57.8 Å². The minimum atomic E-state index is -4.75. The Balaban J connectivity index is 4.09. The molecule has 0 aromatic heterocycles. The number of carbonyl (C=O) groups excluding carboxylic acids is 2. The number of phosphoric ester groups is 1.